The molecule has 0 aliphatic heterocycles. The average Bonchev–Trinajstić information content (AvgIpc) is 3.02. The lowest BCUT2D eigenvalue weighted by Gasteiger charge is -2.10. The first-order valence-corrected chi connectivity index (χ1v) is 9.13. The summed E-state index contributed by atoms with van der Waals surface area (Å²) < 4.78 is 41.4. The van der Waals surface area contributed by atoms with E-state index in [1.807, 2.05) is 6.92 Å². The molecule has 2 aromatic rings. The second kappa shape index (κ2) is 9.47. The van der Waals surface area contributed by atoms with Crippen molar-refractivity contribution in [2.75, 3.05) is 19.0 Å². The van der Waals surface area contributed by atoms with Gasteiger partial charge in [-0.25, -0.2) is 4.79 Å². The fraction of sp³-hybridized carbons (Fsp3) is 0.350. The van der Waals surface area contributed by atoms with E-state index in [-0.39, 0.29) is 11.3 Å². The number of benzene rings is 1. The highest BCUT2D eigenvalue weighted by Gasteiger charge is 2.28. The van der Waals surface area contributed by atoms with Gasteiger partial charge in [0.25, 0.3) is 11.8 Å². The van der Waals surface area contributed by atoms with Crippen LogP contribution in [0.3, 0.4) is 0 Å². The summed E-state index contributed by atoms with van der Waals surface area (Å²) in [7, 11) is 1.26. The molecule has 0 saturated heterocycles. The molecule has 162 valence electrons. The summed E-state index contributed by atoms with van der Waals surface area (Å²) in [5, 5.41) is 4.41. The van der Waals surface area contributed by atoms with Gasteiger partial charge in [0.15, 0.2) is 0 Å². The van der Waals surface area contributed by atoms with Crippen LogP contribution in [0, 0.1) is 6.92 Å². The maximum Gasteiger partial charge on any atom is 0.405 e. The van der Waals surface area contributed by atoms with Gasteiger partial charge < -0.3 is 20.4 Å². The highest BCUT2D eigenvalue weighted by molar-refractivity contribution is 6.07. The number of halogens is 3. The number of nitrogens with one attached hydrogen (secondary N) is 3. The number of methoxy groups -OCH3 is 1. The van der Waals surface area contributed by atoms with Gasteiger partial charge in [0, 0.05) is 16.9 Å². The second-order valence-electron chi connectivity index (χ2n) is 6.55. The van der Waals surface area contributed by atoms with Gasteiger partial charge >= 0.3 is 12.1 Å². The molecule has 1 aromatic carbocycles. The van der Waals surface area contributed by atoms with Crippen molar-refractivity contribution < 1.29 is 32.3 Å². The molecule has 0 atom stereocenters. The number of aryl methyl sites for hydroxylation is 1. The van der Waals surface area contributed by atoms with E-state index >= 15 is 0 Å². The van der Waals surface area contributed by atoms with Crippen molar-refractivity contribution in [3.8, 4) is 0 Å². The van der Waals surface area contributed by atoms with Gasteiger partial charge in [-0.3, -0.25) is 9.59 Å². The van der Waals surface area contributed by atoms with Crippen LogP contribution in [0.4, 0.5) is 18.9 Å². The zero-order valence-electron chi connectivity index (χ0n) is 16.7. The quantitative estimate of drug-likeness (QED) is 0.590. The summed E-state index contributed by atoms with van der Waals surface area (Å²) in [6.45, 7) is 2.14. The van der Waals surface area contributed by atoms with Crippen LogP contribution in [0.5, 0.6) is 0 Å². The number of alkyl halides is 3. The number of hydrogen-bond acceptors (Lipinski definition) is 4. The van der Waals surface area contributed by atoms with Crippen molar-refractivity contribution in [2.45, 2.75) is 32.9 Å². The number of esters is 1. The fourth-order valence-corrected chi connectivity index (χ4v) is 2.93. The Morgan fingerprint density at radius 3 is 2.27 bits per heavy atom. The molecule has 2 amide bonds. The molecule has 10 heteroatoms. The van der Waals surface area contributed by atoms with Gasteiger partial charge in [0.2, 0.25) is 0 Å². The van der Waals surface area contributed by atoms with Gasteiger partial charge in [-0.1, -0.05) is 13.3 Å². The number of aromatic amines is 1. The van der Waals surface area contributed by atoms with E-state index in [4.69, 9.17) is 4.74 Å². The number of amides is 2. The normalized spacial score (nSPS) is 11.1. The van der Waals surface area contributed by atoms with Crippen LogP contribution in [0.1, 0.15) is 55.8 Å². The maximum absolute atomic E-state index is 12.7. The van der Waals surface area contributed by atoms with Gasteiger partial charge in [-0.2, -0.15) is 13.2 Å². The van der Waals surface area contributed by atoms with Crippen molar-refractivity contribution in [3.05, 3.63) is 52.3 Å². The Morgan fingerprint density at radius 2 is 1.73 bits per heavy atom. The monoisotopic (exact) mass is 425 g/mol. The SMILES string of the molecule is CCCc1c(C(=O)Nc2ccc(C(=O)NCC(F)(F)F)cc2)[nH]c(C)c1C(=O)OC. The van der Waals surface area contributed by atoms with E-state index in [1.54, 1.807) is 12.2 Å². The number of anilines is 1. The zero-order chi connectivity index (χ0) is 22.5. The molecule has 0 bridgehead atoms. The number of rotatable bonds is 7. The van der Waals surface area contributed by atoms with E-state index in [1.165, 1.54) is 31.4 Å². The van der Waals surface area contributed by atoms with E-state index in [0.29, 0.717) is 35.3 Å². The first kappa shape index (κ1) is 23.0. The largest absolute Gasteiger partial charge is 0.465 e. The smallest absolute Gasteiger partial charge is 0.405 e. The molecule has 0 aliphatic rings. The van der Waals surface area contributed by atoms with Crippen molar-refractivity contribution in [1.82, 2.24) is 10.3 Å². The number of hydrogen-bond donors (Lipinski definition) is 3. The van der Waals surface area contributed by atoms with Crippen LogP contribution in [-0.2, 0) is 11.2 Å². The van der Waals surface area contributed by atoms with Gasteiger partial charge in [0.1, 0.15) is 12.2 Å². The van der Waals surface area contributed by atoms with Crippen LogP contribution in [-0.4, -0.2) is 42.6 Å². The number of ether oxygens (including phenoxy) is 1. The summed E-state index contributed by atoms with van der Waals surface area (Å²) in [5.41, 5.74) is 1.95. The maximum atomic E-state index is 12.7. The third kappa shape index (κ3) is 5.62. The third-order valence-corrected chi connectivity index (χ3v) is 4.26. The molecular weight excluding hydrogens is 403 g/mol. The van der Waals surface area contributed by atoms with E-state index in [9.17, 15) is 27.6 Å². The van der Waals surface area contributed by atoms with Crippen LogP contribution < -0.4 is 10.6 Å². The molecule has 1 aromatic heterocycles. The molecular formula is C20H22F3N3O4. The molecule has 1 heterocycles. The number of H-pyrrole nitrogens is 1. The van der Waals surface area contributed by atoms with E-state index in [2.05, 4.69) is 10.3 Å². The summed E-state index contributed by atoms with van der Waals surface area (Å²) in [6.07, 6.45) is -3.32. The van der Waals surface area contributed by atoms with Crippen LogP contribution in [0.15, 0.2) is 24.3 Å². The minimum atomic E-state index is -4.50. The molecule has 7 nitrogen and oxygen atoms in total. The Balaban J connectivity index is 2.16. The predicted octanol–water partition coefficient (Wildman–Crippen LogP) is 3.61. The second-order valence-corrected chi connectivity index (χ2v) is 6.55. The molecule has 30 heavy (non-hydrogen) atoms. The molecule has 0 spiro atoms. The standard InChI is InChI=1S/C20H22F3N3O4/c1-4-5-14-15(19(29)30-3)11(2)25-16(14)18(28)26-13-8-6-12(7-9-13)17(27)24-10-20(21,22)23/h6-9,25H,4-5,10H2,1-3H3,(H,24,27)(H,26,28). The first-order chi connectivity index (χ1) is 14.1. The molecule has 0 saturated carbocycles. The molecule has 2 rings (SSSR count). The Labute approximate surface area is 171 Å². The highest BCUT2D eigenvalue weighted by atomic mass is 19.4. The lowest BCUT2D eigenvalue weighted by atomic mass is 10.0. The number of carbonyl (C=O) groups excluding carboxylic acids is 3. The van der Waals surface area contributed by atoms with E-state index in [0.717, 1.165) is 0 Å². The Kier molecular flexibility index (Phi) is 7.25. The predicted molar refractivity (Wildman–Crippen MR) is 104 cm³/mol. The van der Waals surface area contributed by atoms with Crippen molar-refractivity contribution >= 4 is 23.5 Å². The van der Waals surface area contributed by atoms with Crippen molar-refractivity contribution in [2.24, 2.45) is 0 Å². The summed E-state index contributed by atoms with van der Waals surface area (Å²) in [5.74, 6) is -1.91. The highest BCUT2D eigenvalue weighted by Crippen LogP contribution is 2.23. The van der Waals surface area contributed by atoms with E-state index < -0.39 is 30.5 Å². The lowest BCUT2D eigenvalue weighted by molar-refractivity contribution is -0.123. The topological polar surface area (TPSA) is 100 Å². The van der Waals surface area contributed by atoms with Crippen molar-refractivity contribution in [1.29, 1.82) is 0 Å². The molecule has 0 aliphatic carbocycles. The zero-order valence-corrected chi connectivity index (χ0v) is 16.7. The lowest BCUT2D eigenvalue weighted by Crippen LogP contribution is -2.33. The average molecular weight is 425 g/mol. The van der Waals surface area contributed by atoms with Gasteiger partial charge in [-0.05, 0) is 43.2 Å². The summed E-state index contributed by atoms with van der Waals surface area (Å²) in [6, 6.07) is 5.40. The number of carbonyl (C=O) groups is 3. The Morgan fingerprint density at radius 1 is 1.10 bits per heavy atom. The van der Waals surface area contributed by atoms with Gasteiger partial charge in [-0.15, -0.1) is 0 Å². The molecule has 0 radical (unpaired) electrons. The minimum absolute atomic E-state index is 0.0209. The summed E-state index contributed by atoms with van der Waals surface area (Å²) in [4.78, 5) is 39.4. The molecule has 0 unspecified atom stereocenters. The van der Waals surface area contributed by atoms with Crippen LogP contribution in [0.25, 0.3) is 0 Å². The van der Waals surface area contributed by atoms with Gasteiger partial charge in [0.05, 0.1) is 12.7 Å². The Bertz CT molecular complexity index is 934. The van der Waals surface area contributed by atoms with Crippen LogP contribution in [0.2, 0.25) is 0 Å². The van der Waals surface area contributed by atoms with Crippen molar-refractivity contribution in [3.63, 3.8) is 0 Å². The molecule has 3 N–H and O–H groups in total. The van der Waals surface area contributed by atoms with Crippen LogP contribution >= 0.6 is 0 Å². The minimum Gasteiger partial charge on any atom is -0.465 e. The third-order valence-electron chi connectivity index (χ3n) is 4.26. The Hall–Kier alpha value is -3.30. The molecule has 0 fully saturated rings. The number of aromatic nitrogens is 1. The fourth-order valence-electron chi connectivity index (χ4n) is 2.93. The first-order valence-electron chi connectivity index (χ1n) is 9.13. The summed E-state index contributed by atoms with van der Waals surface area (Å²) >= 11 is 0.